The lowest BCUT2D eigenvalue weighted by Crippen LogP contribution is -2.51. The van der Waals surface area contributed by atoms with Gasteiger partial charge in [-0.1, -0.05) is 56.7 Å². The Morgan fingerprint density at radius 1 is 0.949 bits per heavy atom. The fourth-order valence-electron chi connectivity index (χ4n) is 4.31. The Bertz CT molecular complexity index is 1590. The Kier molecular flexibility index (Phi) is 7.57. The predicted molar refractivity (Wildman–Crippen MR) is 151 cm³/mol. The molecule has 8 nitrogen and oxygen atoms in total. The smallest absolute Gasteiger partial charge is 0.264 e. The van der Waals surface area contributed by atoms with Crippen molar-refractivity contribution in [3.63, 3.8) is 0 Å². The van der Waals surface area contributed by atoms with E-state index in [1.54, 1.807) is 55.5 Å². The normalized spacial score (nSPS) is 16.7. The zero-order valence-corrected chi connectivity index (χ0v) is 24.6. The van der Waals surface area contributed by atoms with Crippen LogP contribution in [0.15, 0.2) is 76.5 Å². The van der Waals surface area contributed by atoms with Crippen molar-refractivity contribution in [1.82, 2.24) is 5.32 Å². The van der Waals surface area contributed by atoms with Gasteiger partial charge in [0.2, 0.25) is 0 Å². The molecule has 2 atom stereocenters. The Labute approximate surface area is 231 Å². The molecule has 10 heteroatoms. The van der Waals surface area contributed by atoms with Crippen molar-refractivity contribution in [2.75, 3.05) is 17.1 Å². The molecule has 1 heterocycles. The summed E-state index contributed by atoms with van der Waals surface area (Å²) in [5.41, 5.74) is 2.72. The minimum absolute atomic E-state index is 0.126. The van der Waals surface area contributed by atoms with Crippen LogP contribution in [0.3, 0.4) is 0 Å². The number of nitrogens with one attached hydrogen (secondary N) is 1. The van der Waals surface area contributed by atoms with Crippen molar-refractivity contribution in [1.29, 1.82) is 0 Å². The van der Waals surface area contributed by atoms with Crippen molar-refractivity contribution in [2.24, 2.45) is 0 Å². The molecule has 1 aliphatic rings. The maximum atomic E-state index is 13.8. The monoisotopic (exact) mass is 570 g/mol. The van der Waals surface area contributed by atoms with Crippen molar-refractivity contribution < 1.29 is 26.4 Å². The Morgan fingerprint density at radius 3 is 2.10 bits per heavy atom. The molecule has 0 fully saturated rings. The van der Waals surface area contributed by atoms with E-state index in [1.165, 1.54) is 16.4 Å². The minimum Gasteiger partial charge on any atom is -0.476 e. The largest absolute Gasteiger partial charge is 0.476 e. The van der Waals surface area contributed by atoms with Crippen LogP contribution >= 0.6 is 0 Å². The summed E-state index contributed by atoms with van der Waals surface area (Å²) in [6, 6.07) is 17.8. The molecule has 0 saturated carbocycles. The van der Waals surface area contributed by atoms with E-state index in [2.05, 4.69) is 5.32 Å². The van der Waals surface area contributed by atoms with E-state index in [0.717, 1.165) is 17.4 Å². The summed E-state index contributed by atoms with van der Waals surface area (Å²) in [6.45, 7) is 9.56. The molecule has 3 aromatic carbocycles. The van der Waals surface area contributed by atoms with E-state index < -0.39 is 37.9 Å². The van der Waals surface area contributed by atoms with Crippen LogP contribution in [0.25, 0.3) is 0 Å². The van der Waals surface area contributed by atoms with Crippen LogP contribution in [-0.2, 0) is 30.1 Å². The van der Waals surface area contributed by atoms with Gasteiger partial charge in [-0.3, -0.25) is 9.10 Å². The number of hydrogen-bond donors (Lipinski definition) is 1. The molecule has 1 amide bonds. The van der Waals surface area contributed by atoms with Gasteiger partial charge in [0.05, 0.1) is 28.1 Å². The number of nitrogens with zero attached hydrogens (tertiary/aromatic N) is 1. The number of amides is 1. The Morgan fingerprint density at radius 2 is 1.54 bits per heavy atom. The average molecular weight is 571 g/mol. The lowest BCUT2D eigenvalue weighted by molar-refractivity contribution is -0.128. The highest BCUT2D eigenvalue weighted by Gasteiger charge is 2.38. The fourth-order valence-corrected chi connectivity index (χ4v) is 6.41. The second kappa shape index (κ2) is 10.3. The standard InChI is InChI=1S/C29H34N2O6S2/c1-19-7-12-24(13-8-19)39(35,36)31-18-27(37-26-16-11-22(17-25(26)31)29(3,4)5)28(32)30-20(2)21-9-14-23(15-10-21)38(6,33)34/h7-17,20,27H,18H2,1-6H3,(H,30,32)/t20-,27+/m0/s1. The van der Waals surface area contributed by atoms with Gasteiger partial charge in [-0.15, -0.1) is 0 Å². The van der Waals surface area contributed by atoms with E-state index in [9.17, 15) is 21.6 Å². The summed E-state index contributed by atoms with van der Waals surface area (Å²) in [6.07, 6.45) is 0.0303. The molecule has 0 aromatic heterocycles. The summed E-state index contributed by atoms with van der Waals surface area (Å²) in [5.74, 6) is -0.181. The van der Waals surface area contributed by atoms with Gasteiger partial charge in [-0.05, 0) is 66.8 Å². The number of fused-ring (bicyclic) bond motifs is 1. The van der Waals surface area contributed by atoms with Crippen LogP contribution in [0.1, 0.15) is 50.4 Å². The molecular formula is C29H34N2O6S2. The molecule has 0 unspecified atom stereocenters. The second-order valence-corrected chi connectivity index (χ2v) is 14.8. The third-order valence-electron chi connectivity index (χ3n) is 6.76. The van der Waals surface area contributed by atoms with Crippen LogP contribution in [-0.4, -0.2) is 41.6 Å². The van der Waals surface area contributed by atoms with Gasteiger partial charge in [0.15, 0.2) is 15.9 Å². The van der Waals surface area contributed by atoms with E-state index >= 15 is 0 Å². The van der Waals surface area contributed by atoms with Gasteiger partial charge in [0, 0.05) is 6.26 Å². The molecule has 39 heavy (non-hydrogen) atoms. The predicted octanol–water partition coefficient (Wildman–Crippen LogP) is 4.53. The summed E-state index contributed by atoms with van der Waals surface area (Å²) < 4.78 is 58.5. The van der Waals surface area contributed by atoms with E-state index in [0.29, 0.717) is 17.0 Å². The number of sulfonamides is 1. The van der Waals surface area contributed by atoms with Gasteiger partial charge in [0.1, 0.15) is 5.75 Å². The lowest BCUT2D eigenvalue weighted by Gasteiger charge is -2.36. The van der Waals surface area contributed by atoms with Crippen LogP contribution in [0.4, 0.5) is 5.69 Å². The first-order chi connectivity index (χ1) is 18.1. The molecule has 0 saturated heterocycles. The van der Waals surface area contributed by atoms with E-state index in [4.69, 9.17) is 4.74 Å². The summed E-state index contributed by atoms with van der Waals surface area (Å²) >= 11 is 0. The third-order valence-corrected chi connectivity index (χ3v) is 9.69. The zero-order chi connectivity index (χ0) is 28.8. The summed E-state index contributed by atoms with van der Waals surface area (Å²) in [4.78, 5) is 13.7. The molecule has 208 valence electrons. The first-order valence-corrected chi connectivity index (χ1v) is 15.9. The minimum atomic E-state index is -4.00. The molecule has 3 aromatic rings. The molecule has 0 bridgehead atoms. The van der Waals surface area contributed by atoms with Crippen LogP contribution < -0.4 is 14.4 Å². The number of carbonyl (C=O) groups excluding carboxylic acids is 1. The van der Waals surface area contributed by atoms with E-state index in [-0.39, 0.29) is 21.8 Å². The first kappa shape index (κ1) is 28.6. The Balaban J connectivity index is 1.66. The molecule has 0 radical (unpaired) electrons. The molecule has 4 rings (SSSR count). The fraction of sp³-hybridized carbons (Fsp3) is 0.345. The van der Waals surface area contributed by atoms with Crippen molar-refractivity contribution in [3.8, 4) is 5.75 Å². The van der Waals surface area contributed by atoms with Gasteiger partial charge >= 0.3 is 0 Å². The topological polar surface area (TPSA) is 110 Å². The second-order valence-electron chi connectivity index (χ2n) is 11.0. The lowest BCUT2D eigenvalue weighted by atomic mass is 9.86. The van der Waals surface area contributed by atoms with Crippen molar-refractivity contribution in [3.05, 3.63) is 83.4 Å². The molecule has 1 aliphatic heterocycles. The highest BCUT2D eigenvalue weighted by Crippen LogP contribution is 2.40. The number of carbonyl (C=O) groups is 1. The number of sulfone groups is 1. The first-order valence-electron chi connectivity index (χ1n) is 12.6. The SMILES string of the molecule is Cc1ccc(S(=O)(=O)N2C[C@H](C(=O)N[C@@H](C)c3ccc(S(C)(=O)=O)cc3)Oc3ccc(C(C)(C)C)cc32)cc1. The number of aryl methyl sites for hydroxylation is 1. The van der Waals surface area contributed by atoms with Crippen molar-refractivity contribution >= 4 is 31.5 Å². The number of benzene rings is 3. The third kappa shape index (κ3) is 6.12. The highest BCUT2D eigenvalue weighted by molar-refractivity contribution is 7.92. The van der Waals surface area contributed by atoms with Crippen LogP contribution in [0.5, 0.6) is 5.75 Å². The summed E-state index contributed by atoms with van der Waals surface area (Å²) in [5, 5.41) is 2.87. The Hall–Kier alpha value is -3.37. The quantitative estimate of drug-likeness (QED) is 0.466. The average Bonchev–Trinajstić information content (AvgIpc) is 2.86. The van der Waals surface area contributed by atoms with E-state index in [1.807, 2.05) is 33.8 Å². The molecule has 0 aliphatic carbocycles. The number of hydrogen-bond acceptors (Lipinski definition) is 6. The maximum absolute atomic E-state index is 13.8. The van der Waals surface area contributed by atoms with Gasteiger partial charge in [0.25, 0.3) is 15.9 Å². The highest BCUT2D eigenvalue weighted by atomic mass is 32.2. The number of ether oxygens (including phenoxy) is 1. The van der Waals surface area contributed by atoms with Gasteiger partial charge in [-0.2, -0.15) is 0 Å². The van der Waals surface area contributed by atoms with Gasteiger partial charge in [-0.25, -0.2) is 16.8 Å². The molecule has 1 N–H and O–H groups in total. The number of rotatable bonds is 6. The molecule has 0 spiro atoms. The van der Waals surface area contributed by atoms with Crippen LogP contribution in [0.2, 0.25) is 0 Å². The maximum Gasteiger partial charge on any atom is 0.264 e. The van der Waals surface area contributed by atoms with Crippen LogP contribution in [0, 0.1) is 6.92 Å². The zero-order valence-electron chi connectivity index (χ0n) is 22.9. The summed E-state index contributed by atoms with van der Waals surface area (Å²) in [7, 11) is -7.35. The number of anilines is 1. The molecular weight excluding hydrogens is 536 g/mol. The van der Waals surface area contributed by atoms with Crippen molar-refractivity contribution in [2.45, 2.75) is 62.0 Å². The van der Waals surface area contributed by atoms with Gasteiger partial charge < -0.3 is 10.1 Å².